The third-order valence-corrected chi connectivity index (χ3v) is 5.34. The van der Waals surface area contributed by atoms with Crippen molar-refractivity contribution in [2.45, 2.75) is 65.5 Å². The highest BCUT2D eigenvalue weighted by Gasteiger charge is 2.29. The Balaban J connectivity index is 0.00000187. The quantitative estimate of drug-likeness (QED) is 0.294. The molecule has 0 spiro atoms. The number of hydrazine groups is 1. The lowest BCUT2D eigenvalue weighted by atomic mass is 10.0. The van der Waals surface area contributed by atoms with Crippen LogP contribution in [0.5, 0.6) is 0 Å². The molecule has 10 heteroatoms. The molecule has 1 aliphatic rings. The summed E-state index contributed by atoms with van der Waals surface area (Å²) >= 11 is 6.35. The van der Waals surface area contributed by atoms with Crippen LogP contribution >= 0.6 is 11.6 Å². The molecule has 1 saturated heterocycles. The first-order valence-electron chi connectivity index (χ1n) is 11.2. The molecule has 2 heterocycles. The summed E-state index contributed by atoms with van der Waals surface area (Å²) < 4.78 is 5.38. The van der Waals surface area contributed by atoms with Crippen molar-refractivity contribution in [2.24, 2.45) is 5.84 Å². The van der Waals surface area contributed by atoms with Crippen LogP contribution in [0.3, 0.4) is 0 Å². The van der Waals surface area contributed by atoms with Crippen molar-refractivity contribution in [3.8, 4) is 0 Å². The number of anilines is 1. The Hall–Kier alpha value is -2.78. The van der Waals surface area contributed by atoms with E-state index in [0.717, 1.165) is 24.9 Å². The molecule has 2 aromatic rings. The largest absolute Gasteiger partial charge is 0.444 e. The first-order chi connectivity index (χ1) is 15.7. The summed E-state index contributed by atoms with van der Waals surface area (Å²) in [6.07, 6.45) is 1.66. The molecule has 0 radical (unpaired) electrons. The van der Waals surface area contributed by atoms with E-state index in [1.165, 1.54) is 0 Å². The van der Waals surface area contributed by atoms with Crippen LogP contribution < -0.4 is 21.5 Å². The number of nitrogens with zero attached hydrogens (tertiary/aromatic N) is 2. The van der Waals surface area contributed by atoms with Crippen molar-refractivity contribution < 1.29 is 14.3 Å². The lowest BCUT2D eigenvalue weighted by molar-refractivity contribution is 0.0499. The minimum atomic E-state index is -0.562. The Labute approximate surface area is 200 Å². The van der Waals surface area contributed by atoms with Gasteiger partial charge >= 0.3 is 6.09 Å². The van der Waals surface area contributed by atoms with E-state index in [1.54, 1.807) is 6.07 Å². The van der Waals surface area contributed by atoms with Gasteiger partial charge in [0.2, 0.25) is 0 Å². The normalized spacial score (nSPS) is 15.8. The summed E-state index contributed by atoms with van der Waals surface area (Å²) in [4.78, 5) is 26.6. The first kappa shape index (κ1) is 26.5. The fourth-order valence-electron chi connectivity index (χ4n) is 3.64. The number of H-pyrrole nitrogens is 1. The number of nitrogens with two attached hydrogens (primary N) is 1. The number of aromatic nitrogens is 2. The summed E-state index contributed by atoms with van der Waals surface area (Å²) in [5, 5.41) is 10.8. The SMILES string of the molecule is CC.CC(C)(C)OC(=O)NC1CCCN(c2n[nH]c(C(=O)NN)c2Cc2ccccc2Cl)C1. The first-order valence-corrected chi connectivity index (χ1v) is 11.6. The Morgan fingerprint density at radius 2 is 2.00 bits per heavy atom. The number of aromatic amines is 1. The fourth-order valence-corrected chi connectivity index (χ4v) is 3.84. The number of benzene rings is 1. The maximum Gasteiger partial charge on any atom is 0.407 e. The summed E-state index contributed by atoms with van der Waals surface area (Å²) in [5.41, 5.74) is 3.46. The second-order valence-electron chi connectivity index (χ2n) is 8.57. The summed E-state index contributed by atoms with van der Waals surface area (Å²) in [7, 11) is 0. The number of nitrogens with one attached hydrogen (secondary N) is 3. The predicted octanol–water partition coefficient (Wildman–Crippen LogP) is 3.78. The van der Waals surface area contributed by atoms with E-state index in [-0.39, 0.29) is 6.04 Å². The van der Waals surface area contributed by atoms with Crippen LogP contribution in [0.25, 0.3) is 0 Å². The number of carbonyl (C=O) groups is 2. The Bertz CT molecular complexity index is 941. The van der Waals surface area contributed by atoms with Crippen molar-refractivity contribution in [3.63, 3.8) is 0 Å². The molecule has 0 bridgehead atoms. The topological polar surface area (TPSA) is 125 Å². The summed E-state index contributed by atoms with van der Waals surface area (Å²) in [6, 6.07) is 7.37. The highest BCUT2D eigenvalue weighted by atomic mass is 35.5. The molecular weight excluding hydrogens is 444 g/mol. The second-order valence-corrected chi connectivity index (χ2v) is 8.98. The molecule has 1 unspecified atom stereocenters. The van der Waals surface area contributed by atoms with E-state index >= 15 is 0 Å². The standard InChI is InChI=1S/C21H29ClN6O3.C2H6/c1-21(2,3)31-20(30)24-14-8-6-10-28(12-14)18-15(17(26-27-18)19(29)25-23)11-13-7-4-5-9-16(13)22;1-2/h4-5,7,9,14H,6,8,10-12,23H2,1-3H3,(H,24,30)(H,25,29)(H,26,27);1-2H3. The number of nitrogen functional groups attached to an aromatic ring is 1. The van der Waals surface area contributed by atoms with Gasteiger partial charge in [-0.1, -0.05) is 43.6 Å². The van der Waals surface area contributed by atoms with Gasteiger partial charge in [0.05, 0.1) is 0 Å². The number of piperidine rings is 1. The molecule has 1 aromatic carbocycles. The predicted molar refractivity (Wildman–Crippen MR) is 130 cm³/mol. The van der Waals surface area contributed by atoms with Gasteiger partial charge in [0.25, 0.3) is 5.91 Å². The van der Waals surface area contributed by atoms with Crippen LogP contribution in [0.15, 0.2) is 24.3 Å². The fraction of sp³-hybridized carbons (Fsp3) is 0.522. The van der Waals surface area contributed by atoms with Crippen LogP contribution in [0.1, 0.15) is 69.1 Å². The van der Waals surface area contributed by atoms with E-state index < -0.39 is 17.6 Å². The van der Waals surface area contributed by atoms with Gasteiger partial charge in [0.1, 0.15) is 11.3 Å². The lowest BCUT2D eigenvalue weighted by Crippen LogP contribution is -2.49. The third kappa shape index (κ3) is 7.36. The van der Waals surface area contributed by atoms with Crippen molar-refractivity contribution in [3.05, 3.63) is 46.1 Å². The van der Waals surface area contributed by atoms with Gasteiger partial charge in [-0.2, -0.15) is 5.10 Å². The van der Waals surface area contributed by atoms with E-state index in [9.17, 15) is 9.59 Å². The van der Waals surface area contributed by atoms with E-state index in [1.807, 2.05) is 52.8 Å². The van der Waals surface area contributed by atoms with Gasteiger partial charge < -0.3 is 15.0 Å². The average molecular weight is 479 g/mol. The molecule has 5 N–H and O–H groups in total. The molecule has 33 heavy (non-hydrogen) atoms. The van der Waals surface area contributed by atoms with Gasteiger partial charge in [-0.15, -0.1) is 0 Å². The second kappa shape index (κ2) is 11.9. The number of hydrogen-bond acceptors (Lipinski definition) is 6. The van der Waals surface area contributed by atoms with Gasteiger partial charge in [0, 0.05) is 36.1 Å². The number of halogens is 1. The molecule has 1 fully saturated rings. The molecule has 1 atom stereocenters. The number of alkyl carbamates (subject to hydrolysis) is 1. The zero-order chi connectivity index (χ0) is 24.6. The van der Waals surface area contributed by atoms with Crippen LogP contribution in [-0.2, 0) is 11.2 Å². The smallest absolute Gasteiger partial charge is 0.407 e. The van der Waals surface area contributed by atoms with Crippen LogP contribution in [-0.4, -0.2) is 46.9 Å². The highest BCUT2D eigenvalue weighted by Crippen LogP contribution is 2.29. The van der Waals surface area contributed by atoms with E-state index in [4.69, 9.17) is 22.2 Å². The maximum absolute atomic E-state index is 12.3. The van der Waals surface area contributed by atoms with Crippen LogP contribution in [0, 0.1) is 0 Å². The Morgan fingerprint density at radius 3 is 2.64 bits per heavy atom. The maximum atomic E-state index is 12.3. The van der Waals surface area contributed by atoms with Crippen LogP contribution in [0.2, 0.25) is 5.02 Å². The minimum Gasteiger partial charge on any atom is -0.444 e. The van der Waals surface area contributed by atoms with Crippen molar-refractivity contribution in [1.82, 2.24) is 20.9 Å². The molecule has 1 aromatic heterocycles. The van der Waals surface area contributed by atoms with Gasteiger partial charge in [-0.25, -0.2) is 10.6 Å². The summed E-state index contributed by atoms with van der Waals surface area (Å²) in [5.74, 6) is 5.55. The number of ether oxygens (including phenoxy) is 1. The van der Waals surface area contributed by atoms with E-state index in [2.05, 4.69) is 25.8 Å². The molecule has 2 amide bonds. The zero-order valence-corrected chi connectivity index (χ0v) is 20.8. The van der Waals surface area contributed by atoms with Crippen molar-refractivity contribution in [1.29, 1.82) is 0 Å². The van der Waals surface area contributed by atoms with Crippen molar-refractivity contribution in [2.75, 3.05) is 18.0 Å². The number of rotatable bonds is 5. The zero-order valence-electron chi connectivity index (χ0n) is 20.0. The molecule has 9 nitrogen and oxygen atoms in total. The van der Waals surface area contributed by atoms with E-state index in [0.29, 0.717) is 35.1 Å². The Kier molecular flexibility index (Phi) is 9.55. The van der Waals surface area contributed by atoms with Crippen LogP contribution in [0.4, 0.5) is 10.6 Å². The summed E-state index contributed by atoms with van der Waals surface area (Å²) in [6.45, 7) is 10.8. The average Bonchev–Trinajstić information content (AvgIpc) is 3.18. The minimum absolute atomic E-state index is 0.0970. The molecule has 182 valence electrons. The molecule has 0 saturated carbocycles. The molecular formula is C23H35ClN6O3. The van der Waals surface area contributed by atoms with Crippen molar-refractivity contribution >= 4 is 29.4 Å². The number of carbonyl (C=O) groups excluding carboxylic acids is 2. The lowest BCUT2D eigenvalue weighted by Gasteiger charge is -2.34. The van der Waals surface area contributed by atoms with Gasteiger partial charge in [0.15, 0.2) is 5.82 Å². The van der Waals surface area contributed by atoms with Gasteiger partial charge in [-0.05, 0) is 45.2 Å². The highest BCUT2D eigenvalue weighted by molar-refractivity contribution is 6.31. The monoisotopic (exact) mass is 478 g/mol. The molecule has 3 rings (SSSR count). The number of amides is 2. The molecule has 0 aliphatic carbocycles. The molecule has 1 aliphatic heterocycles. The Morgan fingerprint density at radius 1 is 1.30 bits per heavy atom. The third-order valence-electron chi connectivity index (χ3n) is 4.97. The number of hydrogen-bond donors (Lipinski definition) is 4. The van der Waals surface area contributed by atoms with Gasteiger partial charge in [-0.3, -0.25) is 15.3 Å².